The smallest absolute Gasteiger partial charge is 0.294 e. The second-order valence-electron chi connectivity index (χ2n) is 4.62. The molecule has 0 radical (unpaired) electrons. The molecule has 0 aliphatic heterocycles. The molecular formula is C14H11N3O3S2. The minimum atomic E-state index is -0.459. The largest absolute Gasteiger partial charge is 0.328 e. The van der Waals surface area contributed by atoms with Gasteiger partial charge in [-0.25, -0.2) is 9.78 Å². The van der Waals surface area contributed by atoms with Crippen molar-refractivity contribution in [3.05, 3.63) is 60.5 Å². The lowest BCUT2D eigenvalue weighted by Gasteiger charge is -2.00. The van der Waals surface area contributed by atoms with E-state index in [1.807, 2.05) is 16.8 Å². The minimum Gasteiger partial charge on any atom is -0.294 e. The van der Waals surface area contributed by atoms with Crippen molar-refractivity contribution in [2.24, 2.45) is 0 Å². The number of nitrogens with zero attached hydrogens (tertiary/aromatic N) is 2. The van der Waals surface area contributed by atoms with E-state index >= 15 is 0 Å². The lowest BCUT2D eigenvalue weighted by Crippen LogP contribution is -2.28. The summed E-state index contributed by atoms with van der Waals surface area (Å²) in [7, 11) is 0. The number of rotatable bonds is 4. The molecule has 0 saturated heterocycles. The molecule has 0 atom stereocenters. The van der Waals surface area contributed by atoms with Crippen LogP contribution in [-0.2, 0) is 6.54 Å². The highest BCUT2D eigenvalue weighted by atomic mass is 32.1. The lowest BCUT2D eigenvalue weighted by molar-refractivity contribution is 0.101. The van der Waals surface area contributed by atoms with Gasteiger partial charge in [0.2, 0.25) is 0 Å². The fourth-order valence-corrected chi connectivity index (χ4v) is 3.64. The predicted molar refractivity (Wildman–Crippen MR) is 85.9 cm³/mol. The fourth-order valence-electron chi connectivity index (χ4n) is 1.87. The Labute approximate surface area is 132 Å². The molecule has 0 spiro atoms. The van der Waals surface area contributed by atoms with Gasteiger partial charge in [-0.2, -0.15) is 0 Å². The molecule has 1 N–H and O–H groups in total. The molecule has 22 heavy (non-hydrogen) atoms. The SMILES string of the molecule is CC(=O)c1csc(-c2csc(Cn3ccc(=O)[nH]c3=O)n2)c1. The Morgan fingerprint density at radius 3 is 2.82 bits per heavy atom. The summed E-state index contributed by atoms with van der Waals surface area (Å²) < 4.78 is 1.39. The number of H-pyrrole nitrogens is 1. The number of hydrogen-bond donors (Lipinski definition) is 1. The minimum absolute atomic E-state index is 0.0257. The first-order chi connectivity index (χ1) is 10.5. The molecule has 0 aromatic carbocycles. The molecular weight excluding hydrogens is 322 g/mol. The van der Waals surface area contributed by atoms with Crippen molar-refractivity contribution in [1.29, 1.82) is 0 Å². The molecule has 8 heteroatoms. The van der Waals surface area contributed by atoms with E-state index in [9.17, 15) is 14.4 Å². The van der Waals surface area contributed by atoms with Crippen LogP contribution in [-0.4, -0.2) is 20.3 Å². The zero-order valence-corrected chi connectivity index (χ0v) is 13.2. The third kappa shape index (κ3) is 2.97. The number of aromatic amines is 1. The fraction of sp³-hybridized carbons (Fsp3) is 0.143. The van der Waals surface area contributed by atoms with Crippen molar-refractivity contribution in [3.8, 4) is 10.6 Å². The Balaban J connectivity index is 1.85. The van der Waals surface area contributed by atoms with Crippen LogP contribution in [0.1, 0.15) is 22.3 Å². The Bertz CT molecular complexity index is 948. The number of ketones is 1. The summed E-state index contributed by atoms with van der Waals surface area (Å²) in [4.78, 5) is 41.6. The van der Waals surface area contributed by atoms with Gasteiger partial charge in [-0.15, -0.1) is 22.7 Å². The van der Waals surface area contributed by atoms with Crippen LogP contribution in [0.15, 0.2) is 38.7 Å². The van der Waals surface area contributed by atoms with E-state index in [1.54, 1.807) is 0 Å². The molecule has 0 aliphatic carbocycles. The Morgan fingerprint density at radius 2 is 2.14 bits per heavy atom. The number of carbonyl (C=O) groups excluding carboxylic acids is 1. The molecule has 3 aromatic rings. The Kier molecular flexibility index (Phi) is 3.86. The van der Waals surface area contributed by atoms with E-state index in [0.29, 0.717) is 12.1 Å². The third-order valence-corrected chi connectivity index (χ3v) is 4.80. The summed E-state index contributed by atoms with van der Waals surface area (Å²) >= 11 is 2.89. The van der Waals surface area contributed by atoms with Gasteiger partial charge in [-0.05, 0) is 13.0 Å². The zero-order chi connectivity index (χ0) is 15.7. The molecule has 0 fully saturated rings. The first-order valence-corrected chi connectivity index (χ1v) is 8.13. The normalized spacial score (nSPS) is 10.8. The van der Waals surface area contributed by atoms with Gasteiger partial charge in [0, 0.05) is 28.6 Å². The number of nitrogens with one attached hydrogen (secondary N) is 1. The summed E-state index contributed by atoms with van der Waals surface area (Å²) in [6, 6.07) is 3.12. The molecule has 3 heterocycles. The Hall–Kier alpha value is -2.32. The summed E-state index contributed by atoms with van der Waals surface area (Å²) in [5, 5.41) is 4.45. The molecule has 6 nitrogen and oxygen atoms in total. The standard InChI is InChI=1S/C14H11N3O3S2/c1-8(18)9-4-11(21-6-9)10-7-22-13(15-10)5-17-3-2-12(19)16-14(17)20/h2-4,6-7H,5H2,1H3,(H,16,19,20). The average Bonchev–Trinajstić information content (AvgIpc) is 3.10. The highest BCUT2D eigenvalue weighted by Crippen LogP contribution is 2.28. The maximum atomic E-state index is 11.6. The summed E-state index contributed by atoms with van der Waals surface area (Å²) in [5.74, 6) is 0.0257. The van der Waals surface area contributed by atoms with Gasteiger partial charge in [-0.1, -0.05) is 0 Å². The van der Waals surface area contributed by atoms with Gasteiger partial charge < -0.3 is 0 Å². The van der Waals surface area contributed by atoms with Crippen LogP contribution in [0.5, 0.6) is 0 Å². The van der Waals surface area contributed by atoms with Crippen molar-refractivity contribution < 1.29 is 4.79 Å². The number of hydrogen-bond acceptors (Lipinski definition) is 6. The van der Waals surface area contributed by atoms with Crippen molar-refractivity contribution >= 4 is 28.5 Å². The van der Waals surface area contributed by atoms with Gasteiger partial charge in [0.05, 0.1) is 17.1 Å². The predicted octanol–water partition coefficient (Wildman–Crippen LogP) is 1.97. The van der Waals surface area contributed by atoms with Gasteiger partial charge in [0.25, 0.3) is 5.56 Å². The van der Waals surface area contributed by atoms with Crippen LogP contribution in [0, 0.1) is 0 Å². The van der Waals surface area contributed by atoms with Crippen LogP contribution in [0.4, 0.5) is 0 Å². The molecule has 0 aliphatic rings. The number of thiophene rings is 1. The van der Waals surface area contributed by atoms with Crippen LogP contribution in [0.2, 0.25) is 0 Å². The van der Waals surface area contributed by atoms with E-state index in [1.165, 1.54) is 46.4 Å². The van der Waals surface area contributed by atoms with Crippen molar-refractivity contribution in [2.75, 3.05) is 0 Å². The van der Waals surface area contributed by atoms with Gasteiger partial charge in [0.15, 0.2) is 5.78 Å². The monoisotopic (exact) mass is 333 g/mol. The van der Waals surface area contributed by atoms with Crippen molar-refractivity contribution in [1.82, 2.24) is 14.5 Å². The second-order valence-corrected chi connectivity index (χ2v) is 6.47. The van der Waals surface area contributed by atoms with Crippen LogP contribution < -0.4 is 11.2 Å². The topological polar surface area (TPSA) is 84.8 Å². The van der Waals surface area contributed by atoms with Crippen LogP contribution in [0.3, 0.4) is 0 Å². The van der Waals surface area contributed by atoms with Crippen molar-refractivity contribution in [3.63, 3.8) is 0 Å². The number of thiazole rings is 1. The first kappa shape index (κ1) is 14.6. The maximum Gasteiger partial charge on any atom is 0.328 e. The molecule has 0 bridgehead atoms. The molecule has 3 rings (SSSR count). The van der Waals surface area contributed by atoms with Gasteiger partial charge in [-0.3, -0.25) is 19.1 Å². The second kappa shape index (κ2) is 5.82. The van der Waals surface area contributed by atoms with Crippen molar-refractivity contribution in [2.45, 2.75) is 13.5 Å². The zero-order valence-electron chi connectivity index (χ0n) is 11.5. The molecule has 112 valence electrons. The maximum absolute atomic E-state index is 11.6. The molecule has 0 amide bonds. The highest BCUT2D eigenvalue weighted by molar-refractivity contribution is 7.14. The highest BCUT2D eigenvalue weighted by Gasteiger charge is 2.10. The molecule has 3 aromatic heterocycles. The number of carbonyl (C=O) groups is 1. The van der Waals surface area contributed by atoms with E-state index in [4.69, 9.17) is 0 Å². The van der Waals surface area contributed by atoms with E-state index in [0.717, 1.165) is 15.6 Å². The molecule has 0 saturated carbocycles. The number of aromatic nitrogens is 3. The number of Topliss-reactive ketones (excluding diaryl/α,β-unsaturated/α-hetero) is 1. The van der Waals surface area contributed by atoms with Gasteiger partial charge in [0.1, 0.15) is 5.01 Å². The van der Waals surface area contributed by atoms with E-state index in [-0.39, 0.29) is 5.78 Å². The quantitative estimate of drug-likeness (QED) is 0.740. The lowest BCUT2D eigenvalue weighted by atomic mass is 10.2. The summed E-state index contributed by atoms with van der Waals surface area (Å²) in [5.41, 5.74) is 0.581. The van der Waals surface area contributed by atoms with Crippen LogP contribution >= 0.6 is 22.7 Å². The van der Waals surface area contributed by atoms with E-state index in [2.05, 4.69) is 9.97 Å². The van der Waals surface area contributed by atoms with E-state index < -0.39 is 11.2 Å². The summed E-state index contributed by atoms with van der Waals surface area (Å²) in [6.45, 7) is 1.83. The summed E-state index contributed by atoms with van der Waals surface area (Å²) in [6.07, 6.45) is 1.45. The van der Waals surface area contributed by atoms with Crippen LogP contribution in [0.25, 0.3) is 10.6 Å². The van der Waals surface area contributed by atoms with Gasteiger partial charge >= 0.3 is 5.69 Å². The third-order valence-electron chi connectivity index (χ3n) is 3.01. The first-order valence-electron chi connectivity index (χ1n) is 6.37. The average molecular weight is 333 g/mol. The Morgan fingerprint density at radius 1 is 1.32 bits per heavy atom. The molecule has 0 unspecified atom stereocenters.